The minimum atomic E-state index is -4.40. The molecule has 0 aliphatic rings. The molecular formula is C71H126NO8P. The molecule has 0 aromatic heterocycles. The highest BCUT2D eigenvalue weighted by molar-refractivity contribution is 7.47. The number of phosphoric ester groups is 1. The van der Waals surface area contributed by atoms with E-state index in [1.807, 2.05) is 0 Å². The van der Waals surface area contributed by atoms with Crippen molar-refractivity contribution in [2.45, 2.75) is 315 Å². The van der Waals surface area contributed by atoms with E-state index in [-0.39, 0.29) is 38.6 Å². The van der Waals surface area contributed by atoms with Crippen LogP contribution in [0, 0.1) is 0 Å². The molecule has 468 valence electrons. The van der Waals surface area contributed by atoms with Gasteiger partial charge in [-0.15, -0.1) is 0 Å². The molecule has 0 bridgehead atoms. The standard InChI is InChI=1S/C71H126NO8P/c1-3-5-7-9-11-13-15-17-19-21-23-25-27-29-31-32-33-34-35-36-38-40-42-44-46-48-50-52-54-56-58-60-62-64-71(74)80-69(68-79-81(75,76)78-66-65-72)67-77-70(73)63-61-59-57-55-53-51-49-47-45-43-41-39-37-30-28-26-24-22-20-18-16-14-12-10-8-6-4-2/h5,7,11,13,17,19,22-25,29,31,33-34,36,38,69H,3-4,6,8-10,12,14-16,18,20-21,26-28,30,32,35,37,39-68,72H2,1-2H3,(H,75,76)/b7-5-,13-11-,19-17-,24-22-,25-23-,31-29-,34-33-,38-36-. The molecule has 0 aliphatic heterocycles. The van der Waals surface area contributed by atoms with Gasteiger partial charge in [0.25, 0.3) is 0 Å². The van der Waals surface area contributed by atoms with Crippen LogP contribution >= 0.6 is 7.82 Å². The molecule has 9 nitrogen and oxygen atoms in total. The molecule has 0 aliphatic carbocycles. The Hall–Kier alpha value is -3.07. The van der Waals surface area contributed by atoms with Crippen molar-refractivity contribution in [3.63, 3.8) is 0 Å². The summed E-state index contributed by atoms with van der Waals surface area (Å²) in [5.74, 6) is -0.824. The molecule has 3 N–H and O–H groups in total. The highest BCUT2D eigenvalue weighted by Crippen LogP contribution is 2.43. The van der Waals surface area contributed by atoms with Gasteiger partial charge in [-0.05, 0) is 96.3 Å². The maximum atomic E-state index is 12.8. The van der Waals surface area contributed by atoms with Gasteiger partial charge in [-0.3, -0.25) is 18.6 Å². The summed E-state index contributed by atoms with van der Waals surface area (Å²) in [6.45, 7) is 3.66. The number of carbonyl (C=O) groups excluding carboxylic acids is 2. The molecule has 0 saturated heterocycles. The van der Waals surface area contributed by atoms with E-state index in [9.17, 15) is 19.0 Å². The minimum absolute atomic E-state index is 0.0503. The van der Waals surface area contributed by atoms with Crippen LogP contribution in [0.4, 0.5) is 0 Å². The molecule has 10 heteroatoms. The second-order valence-electron chi connectivity index (χ2n) is 22.3. The zero-order valence-corrected chi connectivity index (χ0v) is 53.4. The molecule has 0 amide bonds. The van der Waals surface area contributed by atoms with Crippen molar-refractivity contribution in [2.24, 2.45) is 5.73 Å². The first-order valence-electron chi connectivity index (χ1n) is 33.7. The molecule has 81 heavy (non-hydrogen) atoms. The Morgan fingerprint density at radius 2 is 0.679 bits per heavy atom. The molecule has 0 radical (unpaired) electrons. The quantitative estimate of drug-likeness (QED) is 0.0264. The molecule has 0 aromatic carbocycles. The van der Waals surface area contributed by atoms with E-state index in [1.54, 1.807) is 0 Å². The lowest BCUT2D eigenvalue weighted by molar-refractivity contribution is -0.161. The zero-order valence-electron chi connectivity index (χ0n) is 52.5. The Balaban J connectivity index is 3.92. The summed E-state index contributed by atoms with van der Waals surface area (Å²) in [7, 11) is -4.40. The third-order valence-corrected chi connectivity index (χ3v) is 15.4. The predicted molar refractivity (Wildman–Crippen MR) is 348 cm³/mol. The lowest BCUT2D eigenvalue weighted by Gasteiger charge is -2.19. The number of esters is 2. The number of allylic oxidation sites excluding steroid dienone is 16. The molecule has 0 saturated carbocycles. The van der Waals surface area contributed by atoms with Gasteiger partial charge in [0.1, 0.15) is 6.61 Å². The SMILES string of the molecule is CC/C=C\C/C=C\C/C=C\C/C=C\C/C=C\C/C=C\C/C=C\CCCCCCCCCCCCCC(=O)OC(COC(=O)CCCCCCCCCCCCCCCCC/C=C\CCCCCCCCCC)COP(=O)(O)OCCN. The first kappa shape index (κ1) is 77.9. The number of rotatable bonds is 63. The molecule has 0 aromatic rings. The third-order valence-electron chi connectivity index (χ3n) is 14.5. The number of carbonyl (C=O) groups is 2. The van der Waals surface area contributed by atoms with Crippen LogP contribution < -0.4 is 5.73 Å². The summed E-state index contributed by atoms with van der Waals surface area (Å²) in [4.78, 5) is 35.3. The van der Waals surface area contributed by atoms with Crippen molar-refractivity contribution in [1.29, 1.82) is 0 Å². The minimum Gasteiger partial charge on any atom is -0.462 e. The normalized spacial score (nSPS) is 13.6. The van der Waals surface area contributed by atoms with Crippen LogP contribution in [0.1, 0.15) is 309 Å². The molecule has 2 unspecified atom stereocenters. The Bertz CT molecular complexity index is 1650. The number of phosphoric acid groups is 1. The number of hydrogen-bond acceptors (Lipinski definition) is 8. The second kappa shape index (κ2) is 66.1. The van der Waals surface area contributed by atoms with Crippen molar-refractivity contribution >= 4 is 19.8 Å². The number of hydrogen-bond donors (Lipinski definition) is 2. The first-order chi connectivity index (χ1) is 39.8. The fraction of sp³-hybridized carbons (Fsp3) is 0.746. The first-order valence-corrected chi connectivity index (χ1v) is 35.2. The lowest BCUT2D eigenvalue weighted by atomic mass is 10.0. The average molecular weight is 1150 g/mol. The van der Waals surface area contributed by atoms with E-state index in [4.69, 9.17) is 24.3 Å². The summed E-state index contributed by atoms with van der Waals surface area (Å²) >= 11 is 0. The Morgan fingerprint density at radius 3 is 1.02 bits per heavy atom. The summed E-state index contributed by atoms with van der Waals surface area (Å²) in [6, 6.07) is 0. The van der Waals surface area contributed by atoms with Crippen molar-refractivity contribution in [2.75, 3.05) is 26.4 Å². The fourth-order valence-electron chi connectivity index (χ4n) is 9.50. The topological polar surface area (TPSA) is 134 Å². The van der Waals surface area contributed by atoms with Gasteiger partial charge in [-0.25, -0.2) is 4.57 Å². The van der Waals surface area contributed by atoms with Gasteiger partial charge in [0.2, 0.25) is 0 Å². The van der Waals surface area contributed by atoms with Gasteiger partial charge in [0.15, 0.2) is 6.10 Å². The van der Waals surface area contributed by atoms with E-state index in [2.05, 4.69) is 111 Å². The second-order valence-corrected chi connectivity index (χ2v) is 23.8. The van der Waals surface area contributed by atoms with Crippen LogP contribution in [0.15, 0.2) is 97.2 Å². The molecule has 0 rings (SSSR count). The largest absolute Gasteiger partial charge is 0.472 e. The van der Waals surface area contributed by atoms with Crippen LogP contribution in [-0.4, -0.2) is 49.3 Å². The van der Waals surface area contributed by atoms with Crippen LogP contribution in [-0.2, 0) is 32.7 Å². The van der Waals surface area contributed by atoms with E-state index >= 15 is 0 Å². The summed E-state index contributed by atoms with van der Waals surface area (Å²) in [6.07, 6.45) is 89.1. The maximum Gasteiger partial charge on any atom is 0.472 e. The zero-order chi connectivity index (χ0) is 58.7. The van der Waals surface area contributed by atoms with Crippen LogP contribution in [0.2, 0.25) is 0 Å². The van der Waals surface area contributed by atoms with E-state index in [1.165, 1.54) is 186 Å². The monoisotopic (exact) mass is 1150 g/mol. The molecule has 0 heterocycles. The summed E-state index contributed by atoms with van der Waals surface area (Å²) in [5, 5.41) is 0. The van der Waals surface area contributed by atoms with Gasteiger partial charge in [0, 0.05) is 19.4 Å². The average Bonchev–Trinajstić information content (AvgIpc) is 3.46. The van der Waals surface area contributed by atoms with Crippen LogP contribution in [0.3, 0.4) is 0 Å². The Kier molecular flexibility index (Phi) is 63.6. The van der Waals surface area contributed by atoms with Gasteiger partial charge in [-0.2, -0.15) is 0 Å². The number of unbranched alkanes of at least 4 members (excludes halogenated alkanes) is 34. The van der Waals surface area contributed by atoms with Crippen molar-refractivity contribution in [3.05, 3.63) is 97.2 Å². The van der Waals surface area contributed by atoms with Crippen LogP contribution in [0.25, 0.3) is 0 Å². The highest BCUT2D eigenvalue weighted by atomic mass is 31.2. The third kappa shape index (κ3) is 65.9. The van der Waals surface area contributed by atoms with Crippen molar-refractivity contribution < 1.29 is 37.6 Å². The molecule has 0 spiro atoms. The summed E-state index contributed by atoms with van der Waals surface area (Å²) in [5.41, 5.74) is 5.40. The summed E-state index contributed by atoms with van der Waals surface area (Å²) < 4.78 is 33.2. The molecular weight excluding hydrogens is 1030 g/mol. The van der Waals surface area contributed by atoms with E-state index < -0.39 is 26.5 Å². The lowest BCUT2D eigenvalue weighted by Crippen LogP contribution is -2.29. The van der Waals surface area contributed by atoms with Gasteiger partial charge in [-0.1, -0.05) is 297 Å². The predicted octanol–water partition coefficient (Wildman–Crippen LogP) is 22.0. The number of ether oxygens (including phenoxy) is 2. The smallest absolute Gasteiger partial charge is 0.462 e. The Labute approximate surface area is 499 Å². The van der Waals surface area contributed by atoms with Crippen molar-refractivity contribution in [1.82, 2.24) is 0 Å². The Morgan fingerprint density at radius 1 is 0.383 bits per heavy atom. The van der Waals surface area contributed by atoms with Gasteiger partial charge >= 0.3 is 19.8 Å². The highest BCUT2D eigenvalue weighted by Gasteiger charge is 2.26. The van der Waals surface area contributed by atoms with Crippen molar-refractivity contribution in [3.8, 4) is 0 Å². The van der Waals surface area contributed by atoms with E-state index in [0.29, 0.717) is 6.42 Å². The van der Waals surface area contributed by atoms with E-state index in [0.717, 1.165) is 89.9 Å². The van der Waals surface area contributed by atoms with Gasteiger partial charge in [0.05, 0.1) is 13.2 Å². The fourth-order valence-corrected chi connectivity index (χ4v) is 10.3. The van der Waals surface area contributed by atoms with Crippen LogP contribution in [0.5, 0.6) is 0 Å². The maximum absolute atomic E-state index is 12.8. The molecule has 0 fully saturated rings. The molecule has 2 atom stereocenters. The van der Waals surface area contributed by atoms with Gasteiger partial charge < -0.3 is 20.1 Å². The number of nitrogens with two attached hydrogens (primary N) is 1.